The van der Waals surface area contributed by atoms with Gasteiger partial charge in [-0.15, -0.1) is 11.3 Å². The molecule has 146 valence electrons. The van der Waals surface area contributed by atoms with E-state index in [1.807, 2.05) is 63.5 Å². The van der Waals surface area contributed by atoms with E-state index in [4.69, 9.17) is 0 Å². The second-order valence-electron chi connectivity index (χ2n) is 7.18. The number of pyridine rings is 1. The van der Waals surface area contributed by atoms with Gasteiger partial charge in [0.05, 0.1) is 11.2 Å². The van der Waals surface area contributed by atoms with Crippen LogP contribution in [0.15, 0.2) is 66.2 Å². The van der Waals surface area contributed by atoms with E-state index in [2.05, 4.69) is 27.1 Å². The standard InChI is InChI=1S/C22H21N5OS/c28-22(20-16-29-21(23-20)17-6-2-1-3-7-17)26-12-10-25(11-13-26)15-18-14-19-8-4-5-9-27(19)24-18/h1-9,14,16H,10-13,15H2. The van der Waals surface area contributed by atoms with Crippen LogP contribution >= 0.6 is 11.3 Å². The quantitative estimate of drug-likeness (QED) is 0.524. The first-order valence-corrected chi connectivity index (χ1v) is 10.6. The minimum atomic E-state index is 0.0239. The average molecular weight is 404 g/mol. The summed E-state index contributed by atoms with van der Waals surface area (Å²) in [7, 11) is 0. The summed E-state index contributed by atoms with van der Waals surface area (Å²) in [4.78, 5) is 21.7. The maximum Gasteiger partial charge on any atom is 0.273 e. The number of fused-ring (bicyclic) bond motifs is 1. The second-order valence-corrected chi connectivity index (χ2v) is 8.04. The third kappa shape index (κ3) is 3.79. The van der Waals surface area contributed by atoms with Crippen molar-refractivity contribution in [2.24, 2.45) is 0 Å². The van der Waals surface area contributed by atoms with Crippen LogP contribution in [0.1, 0.15) is 16.2 Å². The number of benzene rings is 1. The largest absolute Gasteiger partial charge is 0.335 e. The molecule has 0 saturated carbocycles. The van der Waals surface area contributed by atoms with Gasteiger partial charge in [-0.1, -0.05) is 36.4 Å². The van der Waals surface area contributed by atoms with Crippen molar-refractivity contribution < 1.29 is 4.79 Å². The molecule has 29 heavy (non-hydrogen) atoms. The average Bonchev–Trinajstić information content (AvgIpc) is 3.41. The topological polar surface area (TPSA) is 53.7 Å². The molecule has 4 heterocycles. The van der Waals surface area contributed by atoms with Crippen molar-refractivity contribution in [3.8, 4) is 10.6 Å². The third-order valence-corrected chi connectivity index (χ3v) is 6.10. The molecule has 4 aromatic rings. The van der Waals surface area contributed by atoms with E-state index in [0.29, 0.717) is 18.8 Å². The van der Waals surface area contributed by atoms with Crippen LogP contribution in [0.25, 0.3) is 16.1 Å². The van der Waals surface area contributed by atoms with Crippen LogP contribution in [0.3, 0.4) is 0 Å². The third-order valence-electron chi connectivity index (χ3n) is 5.21. The molecule has 0 radical (unpaired) electrons. The molecule has 5 rings (SSSR count). The first kappa shape index (κ1) is 18.0. The normalized spacial score (nSPS) is 15.1. The Bertz CT molecular complexity index is 1100. The van der Waals surface area contributed by atoms with Gasteiger partial charge in [0.25, 0.3) is 5.91 Å². The van der Waals surface area contributed by atoms with Crippen molar-refractivity contribution >= 4 is 22.8 Å². The van der Waals surface area contributed by atoms with Gasteiger partial charge in [0, 0.05) is 49.9 Å². The highest BCUT2D eigenvalue weighted by atomic mass is 32.1. The number of hydrogen-bond donors (Lipinski definition) is 0. The number of piperazine rings is 1. The molecule has 0 bridgehead atoms. The maximum absolute atomic E-state index is 12.9. The fourth-order valence-electron chi connectivity index (χ4n) is 3.65. The Kier molecular flexibility index (Phi) is 4.83. The minimum Gasteiger partial charge on any atom is -0.335 e. The van der Waals surface area contributed by atoms with Crippen molar-refractivity contribution in [2.45, 2.75) is 6.54 Å². The SMILES string of the molecule is O=C(c1csc(-c2ccccc2)n1)N1CCN(Cc2cc3ccccn3n2)CC1. The number of thiazole rings is 1. The van der Waals surface area contributed by atoms with Crippen LogP contribution in [-0.4, -0.2) is 56.5 Å². The van der Waals surface area contributed by atoms with Gasteiger partial charge >= 0.3 is 0 Å². The van der Waals surface area contributed by atoms with E-state index < -0.39 is 0 Å². The zero-order valence-corrected chi connectivity index (χ0v) is 16.8. The van der Waals surface area contributed by atoms with Crippen LogP contribution in [0.2, 0.25) is 0 Å². The van der Waals surface area contributed by atoms with Gasteiger partial charge in [-0.05, 0) is 18.2 Å². The van der Waals surface area contributed by atoms with E-state index >= 15 is 0 Å². The van der Waals surface area contributed by atoms with Gasteiger partial charge in [-0.3, -0.25) is 9.69 Å². The molecule has 3 aromatic heterocycles. The minimum absolute atomic E-state index is 0.0239. The fourth-order valence-corrected chi connectivity index (χ4v) is 4.45. The van der Waals surface area contributed by atoms with Crippen LogP contribution < -0.4 is 0 Å². The van der Waals surface area contributed by atoms with Gasteiger partial charge in [0.1, 0.15) is 10.7 Å². The summed E-state index contributed by atoms with van der Waals surface area (Å²) in [6.45, 7) is 3.91. The summed E-state index contributed by atoms with van der Waals surface area (Å²) >= 11 is 1.52. The lowest BCUT2D eigenvalue weighted by Crippen LogP contribution is -2.48. The predicted octanol–water partition coefficient (Wildman–Crippen LogP) is 3.42. The summed E-state index contributed by atoms with van der Waals surface area (Å²) in [5.41, 5.74) is 3.76. The van der Waals surface area contributed by atoms with Crippen molar-refractivity contribution in [1.29, 1.82) is 0 Å². The summed E-state index contributed by atoms with van der Waals surface area (Å²) in [5, 5.41) is 7.38. The number of rotatable bonds is 4. The zero-order valence-electron chi connectivity index (χ0n) is 15.9. The molecule has 1 aliphatic heterocycles. The molecule has 0 spiro atoms. The van der Waals surface area contributed by atoms with Crippen molar-refractivity contribution in [1.82, 2.24) is 24.4 Å². The lowest BCUT2D eigenvalue weighted by atomic mass is 10.2. The van der Waals surface area contributed by atoms with Crippen LogP contribution in [-0.2, 0) is 6.54 Å². The lowest BCUT2D eigenvalue weighted by molar-refractivity contribution is 0.0622. The van der Waals surface area contributed by atoms with E-state index in [-0.39, 0.29) is 5.91 Å². The molecule has 0 unspecified atom stereocenters. The Balaban J connectivity index is 1.20. The van der Waals surface area contributed by atoms with E-state index in [0.717, 1.165) is 41.4 Å². The Morgan fingerprint density at radius 1 is 1.00 bits per heavy atom. The number of nitrogens with zero attached hydrogens (tertiary/aromatic N) is 5. The van der Waals surface area contributed by atoms with Crippen molar-refractivity contribution in [2.75, 3.05) is 26.2 Å². The molecule has 0 atom stereocenters. The Hall–Kier alpha value is -3.03. The van der Waals surface area contributed by atoms with Gasteiger partial charge in [0.2, 0.25) is 0 Å². The van der Waals surface area contributed by atoms with Crippen LogP contribution in [0, 0.1) is 0 Å². The predicted molar refractivity (Wildman–Crippen MR) is 114 cm³/mol. The van der Waals surface area contributed by atoms with E-state index in [1.165, 1.54) is 11.3 Å². The van der Waals surface area contributed by atoms with E-state index in [1.54, 1.807) is 0 Å². The first-order chi connectivity index (χ1) is 14.3. The highest BCUT2D eigenvalue weighted by Gasteiger charge is 2.24. The summed E-state index contributed by atoms with van der Waals surface area (Å²) < 4.78 is 1.90. The Morgan fingerprint density at radius 2 is 1.79 bits per heavy atom. The second kappa shape index (κ2) is 7.77. The number of hydrogen-bond acceptors (Lipinski definition) is 5. The Morgan fingerprint density at radius 3 is 2.59 bits per heavy atom. The molecule has 1 saturated heterocycles. The molecule has 6 nitrogen and oxygen atoms in total. The molecule has 1 amide bonds. The molecule has 0 N–H and O–H groups in total. The molecule has 1 aliphatic rings. The number of amides is 1. The highest BCUT2D eigenvalue weighted by molar-refractivity contribution is 7.13. The fraction of sp³-hybridized carbons (Fsp3) is 0.227. The Labute approximate surface area is 173 Å². The van der Waals surface area contributed by atoms with Gasteiger partial charge < -0.3 is 4.90 Å². The molecule has 0 aliphatic carbocycles. The molecule has 1 aromatic carbocycles. The summed E-state index contributed by atoms with van der Waals surface area (Å²) in [6, 6.07) is 18.2. The van der Waals surface area contributed by atoms with Crippen LogP contribution in [0.4, 0.5) is 0 Å². The van der Waals surface area contributed by atoms with Crippen molar-refractivity contribution in [3.63, 3.8) is 0 Å². The maximum atomic E-state index is 12.9. The lowest BCUT2D eigenvalue weighted by Gasteiger charge is -2.34. The number of carbonyl (C=O) groups is 1. The first-order valence-electron chi connectivity index (χ1n) is 9.72. The molecular formula is C22H21N5OS. The molecule has 7 heteroatoms. The molecular weight excluding hydrogens is 382 g/mol. The van der Waals surface area contributed by atoms with Gasteiger partial charge in [-0.25, -0.2) is 9.50 Å². The number of aromatic nitrogens is 3. The van der Waals surface area contributed by atoms with Gasteiger partial charge in [0.15, 0.2) is 0 Å². The summed E-state index contributed by atoms with van der Waals surface area (Å²) in [5.74, 6) is 0.0239. The van der Waals surface area contributed by atoms with E-state index in [9.17, 15) is 4.79 Å². The van der Waals surface area contributed by atoms with Crippen LogP contribution in [0.5, 0.6) is 0 Å². The van der Waals surface area contributed by atoms with Gasteiger partial charge in [-0.2, -0.15) is 5.10 Å². The molecule has 1 fully saturated rings. The monoisotopic (exact) mass is 403 g/mol. The number of carbonyl (C=O) groups excluding carboxylic acids is 1. The smallest absolute Gasteiger partial charge is 0.273 e. The van der Waals surface area contributed by atoms with Crippen molar-refractivity contribution in [3.05, 3.63) is 77.6 Å². The summed E-state index contributed by atoms with van der Waals surface area (Å²) in [6.07, 6.45) is 1.97. The highest BCUT2D eigenvalue weighted by Crippen LogP contribution is 2.24. The zero-order chi connectivity index (χ0) is 19.6.